The van der Waals surface area contributed by atoms with Crippen molar-refractivity contribution in [2.45, 2.75) is 25.8 Å². The van der Waals surface area contributed by atoms with Crippen molar-refractivity contribution in [3.05, 3.63) is 36.2 Å². The Bertz CT molecular complexity index is 244. The molecule has 58 valence electrons. The van der Waals surface area contributed by atoms with Crippen LogP contribution in [0.3, 0.4) is 0 Å². The van der Waals surface area contributed by atoms with E-state index < -0.39 is 0 Å². The molecule has 0 saturated heterocycles. The van der Waals surface area contributed by atoms with Gasteiger partial charge in [-0.05, 0) is 37.5 Å². The lowest BCUT2D eigenvalue weighted by Crippen LogP contribution is -2.19. The van der Waals surface area contributed by atoms with Crippen molar-refractivity contribution in [2.75, 3.05) is 0 Å². The molecule has 1 heteroatoms. The Labute approximate surface area is 67.7 Å². The maximum Gasteiger partial charge on any atom is 0.0338 e. The predicted molar refractivity (Wildman–Crippen MR) is 46.9 cm³/mol. The van der Waals surface area contributed by atoms with Crippen LogP contribution in [0, 0.1) is 0 Å². The summed E-state index contributed by atoms with van der Waals surface area (Å²) in [6, 6.07) is 0.753. The van der Waals surface area contributed by atoms with E-state index in [1.54, 1.807) is 0 Å². The quantitative estimate of drug-likeness (QED) is 0.550. The number of nitrogens with zero attached hydrogens (tertiary/aromatic N) is 1. The fourth-order valence-corrected chi connectivity index (χ4v) is 1.39. The second kappa shape index (κ2) is 2.26. The summed E-state index contributed by atoms with van der Waals surface area (Å²) in [5.41, 5.74) is 2.44. The van der Waals surface area contributed by atoms with Gasteiger partial charge < -0.3 is 4.90 Å². The van der Waals surface area contributed by atoms with Gasteiger partial charge in [-0.25, -0.2) is 0 Å². The van der Waals surface area contributed by atoms with Crippen molar-refractivity contribution in [3.63, 3.8) is 0 Å². The van der Waals surface area contributed by atoms with E-state index in [1.807, 2.05) is 0 Å². The van der Waals surface area contributed by atoms with E-state index >= 15 is 0 Å². The SMILES string of the molecule is C=C1C=C(C)C=CN1C1CC1. The Morgan fingerprint density at radius 2 is 2.27 bits per heavy atom. The van der Waals surface area contributed by atoms with Crippen LogP contribution in [0.5, 0.6) is 0 Å². The first-order valence-electron chi connectivity index (χ1n) is 4.11. The molecule has 0 unspecified atom stereocenters. The van der Waals surface area contributed by atoms with E-state index in [4.69, 9.17) is 0 Å². The van der Waals surface area contributed by atoms with Gasteiger partial charge in [-0.3, -0.25) is 0 Å². The Morgan fingerprint density at radius 3 is 2.82 bits per heavy atom. The maximum atomic E-state index is 4.01. The van der Waals surface area contributed by atoms with Crippen LogP contribution in [0.15, 0.2) is 36.2 Å². The predicted octanol–water partition coefficient (Wildman–Crippen LogP) is 2.44. The van der Waals surface area contributed by atoms with Crippen molar-refractivity contribution >= 4 is 0 Å². The molecule has 0 aromatic rings. The van der Waals surface area contributed by atoms with E-state index in [-0.39, 0.29) is 0 Å². The summed E-state index contributed by atoms with van der Waals surface area (Å²) in [5.74, 6) is 0. The minimum Gasteiger partial charge on any atom is -0.345 e. The zero-order valence-corrected chi connectivity index (χ0v) is 6.88. The van der Waals surface area contributed by atoms with Gasteiger partial charge in [0.1, 0.15) is 0 Å². The number of hydrogen-bond donors (Lipinski definition) is 0. The van der Waals surface area contributed by atoms with Crippen LogP contribution in [-0.2, 0) is 0 Å². The monoisotopic (exact) mass is 147 g/mol. The van der Waals surface area contributed by atoms with E-state index in [0.29, 0.717) is 0 Å². The molecule has 0 atom stereocenters. The summed E-state index contributed by atoms with van der Waals surface area (Å²) in [7, 11) is 0. The molecular weight excluding hydrogens is 134 g/mol. The molecule has 1 aliphatic heterocycles. The Hall–Kier alpha value is -0.980. The summed E-state index contributed by atoms with van der Waals surface area (Å²) in [6.07, 6.45) is 9.09. The summed E-state index contributed by atoms with van der Waals surface area (Å²) < 4.78 is 0. The minimum absolute atomic E-state index is 0.753. The second-order valence-electron chi connectivity index (χ2n) is 3.33. The lowest BCUT2D eigenvalue weighted by molar-refractivity contribution is 0.466. The van der Waals surface area contributed by atoms with Crippen LogP contribution in [0.1, 0.15) is 19.8 Å². The lowest BCUT2D eigenvalue weighted by atomic mass is 10.2. The fraction of sp³-hybridized carbons (Fsp3) is 0.400. The molecule has 2 aliphatic rings. The van der Waals surface area contributed by atoms with Gasteiger partial charge in [0.05, 0.1) is 0 Å². The van der Waals surface area contributed by atoms with Gasteiger partial charge in [0.25, 0.3) is 0 Å². The number of allylic oxidation sites excluding steroid dienone is 3. The number of hydrogen-bond acceptors (Lipinski definition) is 1. The highest BCUT2D eigenvalue weighted by Crippen LogP contribution is 2.32. The van der Waals surface area contributed by atoms with Crippen LogP contribution in [0.2, 0.25) is 0 Å². The van der Waals surface area contributed by atoms with Crippen LogP contribution in [-0.4, -0.2) is 10.9 Å². The molecule has 1 heterocycles. The van der Waals surface area contributed by atoms with Gasteiger partial charge in [0, 0.05) is 17.9 Å². The molecule has 0 radical (unpaired) electrons. The summed E-state index contributed by atoms with van der Waals surface area (Å²) in [5, 5.41) is 0. The Kier molecular flexibility index (Phi) is 1.38. The molecule has 1 aliphatic carbocycles. The molecule has 0 aromatic heterocycles. The van der Waals surface area contributed by atoms with Gasteiger partial charge in [-0.1, -0.05) is 6.58 Å². The molecule has 2 rings (SSSR count). The fourth-order valence-electron chi connectivity index (χ4n) is 1.39. The number of rotatable bonds is 1. The van der Waals surface area contributed by atoms with Crippen molar-refractivity contribution in [2.24, 2.45) is 0 Å². The largest absolute Gasteiger partial charge is 0.345 e. The normalized spacial score (nSPS) is 23.9. The third kappa shape index (κ3) is 1.23. The van der Waals surface area contributed by atoms with Gasteiger partial charge in [-0.15, -0.1) is 0 Å². The van der Waals surface area contributed by atoms with Crippen molar-refractivity contribution in [1.29, 1.82) is 0 Å². The maximum absolute atomic E-state index is 4.01. The van der Waals surface area contributed by atoms with Gasteiger partial charge >= 0.3 is 0 Å². The Balaban J connectivity index is 2.15. The van der Waals surface area contributed by atoms with E-state index in [1.165, 1.54) is 18.4 Å². The smallest absolute Gasteiger partial charge is 0.0338 e. The minimum atomic E-state index is 0.753. The lowest BCUT2D eigenvalue weighted by Gasteiger charge is -2.23. The van der Waals surface area contributed by atoms with Gasteiger partial charge in [0.2, 0.25) is 0 Å². The molecule has 0 aromatic carbocycles. The van der Waals surface area contributed by atoms with Crippen molar-refractivity contribution in [3.8, 4) is 0 Å². The molecular formula is C10H13N. The molecule has 0 N–H and O–H groups in total. The summed E-state index contributed by atoms with van der Waals surface area (Å²) >= 11 is 0. The first kappa shape index (κ1) is 6.71. The van der Waals surface area contributed by atoms with E-state index in [2.05, 4.69) is 36.8 Å². The zero-order valence-electron chi connectivity index (χ0n) is 6.88. The summed E-state index contributed by atoms with van der Waals surface area (Å²) in [6.45, 7) is 6.11. The van der Waals surface area contributed by atoms with E-state index in [9.17, 15) is 0 Å². The third-order valence-electron chi connectivity index (χ3n) is 2.16. The highest BCUT2D eigenvalue weighted by molar-refractivity contribution is 5.33. The first-order valence-corrected chi connectivity index (χ1v) is 4.11. The van der Waals surface area contributed by atoms with Crippen LogP contribution < -0.4 is 0 Å². The first-order chi connectivity index (χ1) is 5.27. The third-order valence-corrected chi connectivity index (χ3v) is 2.16. The highest BCUT2D eigenvalue weighted by Gasteiger charge is 2.28. The van der Waals surface area contributed by atoms with Crippen molar-refractivity contribution in [1.82, 2.24) is 4.90 Å². The molecule has 1 saturated carbocycles. The average molecular weight is 147 g/mol. The van der Waals surface area contributed by atoms with Crippen LogP contribution in [0.4, 0.5) is 0 Å². The molecule has 1 fully saturated rings. The highest BCUT2D eigenvalue weighted by atomic mass is 15.2. The second-order valence-corrected chi connectivity index (χ2v) is 3.33. The van der Waals surface area contributed by atoms with Crippen LogP contribution in [0.25, 0.3) is 0 Å². The molecule has 0 spiro atoms. The zero-order chi connectivity index (χ0) is 7.84. The Morgan fingerprint density at radius 1 is 1.55 bits per heavy atom. The van der Waals surface area contributed by atoms with Gasteiger partial charge in [-0.2, -0.15) is 0 Å². The standard InChI is InChI=1S/C10H13N/c1-8-5-6-11(9(2)7-8)10-3-4-10/h5-7,10H,2-4H2,1H3. The molecule has 0 bridgehead atoms. The van der Waals surface area contributed by atoms with Gasteiger partial charge in [0.15, 0.2) is 0 Å². The summed E-state index contributed by atoms with van der Waals surface area (Å²) in [4.78, 5) is 2.27. The molecule has 1 nitrogen and oxygen atoms in total. The van der Waals surface area contributed by atoms with Crippen molar-refractivity contribution < 1.29 is 0 Å². The molecule has 0 amide bonds. The van der Waals surface area contributed by atoms with E-state index in [0.717, 1.165) is 11.7 Å². The topological polar surface area (TPSA) is 3.24 Å². The van der Waals surface area contributed by atoms with Crippen LogP contribution >= 0.6 is 0 Å². The molecule has 11 heavy (non-hydrogen) atoms. The average Bonchev–Trinajstić information content (AvgIpc) is 2.70.